The highest BCUT2D eigenvalue weighted by Crippen LogP contribution is 2.65. The summed E-state index contributed by atoms with van der Waals surface area (Å²) in [5, 5.41) is 10.4. The Hall–Kier alpha value is -11.8. The van der Waals surface area contributed by atoms with Crippen molar-refractivity contribution in [3.8, 4) is 28.3 Å². The zero-order chi connectivity index (χ0) is 62.2. The summed E-state index contributed by atoms with van der Waals surface area (Å²) in [6, 6.07) is 110. The van der Waals surface area contributed by atoms with Gasteiger partial charge in [-0.1, -0.05) is 210 Å². The van der Waals surface area contributed by atoms with E-state index in [4.69, 9.17) is 6.57 Å². The number of benzene rings is 13. The van der Waals surface area contributed by atoms with Gasteiger partial charge in [0.1, 0.15) is 0 Å². The van der Waals surface area contributed by atoms with E-state index in [9.17, 15) is 5.26 Å². The highest BCUT2D eigenvalue weighted by molar-refractivity contribution is 5.99. The minimum absolute atomic E-state index is 0.343. The smallest absolute Gasteiger partial charge is 0.187 e. The van der Waals surface area contributed by atoms with E-state index in [0.29, 0.717) is 11.3 Å². The van der Waals surface area contributed by atoms with Gasteiger partial charge in [-0.3, -0.25) is 0 Å². The fourth-order valence-corrected chi connectivity index (χ4v) is 15.4. The number of para-hydroxylation sites is 3. The van der Waals surface area contributed by atoms with Gasteiger partial charge in [-0.15, -0.1) is 0 Å². The van der Waals surface area contributed by atoms with Crippen molar-refractivity contribution in [1.82, 2.24) is 0 Å². The number of hydrogen-bond donors (Lipinski definition) is 0. The average Bonchev–Trinajstić information content (AvgIpc) is 1.63. The van der Waals surface area contributed by atoms with Crippen LogP contribution in [0.4, 0.5) is 56.9 Å². The second-order valence-corrected chi connectivity index (χ2v) is 24.9. The Kier molecular flexibility index (Phi) is 13.3. The first-order valence-electron chi connectivity index (χ1n) is 31.6. The van der Waals surface area contributed by atoms with Crippen LogP contribution in [0.5, 0.6) is 0 Å². The van der Waals surface area contributed by atoms with Crippen molar-refractivity contribution in [2.75, 3.05) is 14.7 Å². The van der Waals surface area contributed by atoms with Crippen LogP contribution in [0.1, 0.15) is 83.5 Å². The Morgan fingerprint density at radius 2 is 0.696 bits per heavy atom. The van der Waals surface area contributed by atoms with Crippen molar-refractivity contribution in [2.45, 2.75) is 44.9 Å². The number of hydrogen-bond acceptors (Lipinski definition) is 4. The van der Waals surface area contributed by atoms with Crippen LogP contribution >= 0.6 is 0 Å². The third-order valence-electron chi connectivity index (χ3n) is 19.5. The molecule has 2 spiro atoms. The van der Waals surface area contributed by atoms with Crippen LogP contribution in [0.3, 0.4) is 0 Å². The Labute approximate surface area is 539 Å². The van der Waals surface area contributed by atoms with Gasteiger partial charge < -0.3 is 14.7 Å². The van der Waals surface area contributed by atoms with Crippen molar-refractivity contribution in [1.29, 1.82) is 5.26 Å². The molecular weight excluding hydrogens is 1110 g/mol. The van der Waals surface area contributed by atoms with Crippen LogP contribution in [0.2, 0.25) is 0 Å². The van der Waals surface area contributed by atoms with Crippen LogP contribution in [0.15, 0.2) is 297 Å². The molecule has 0 atom stereocenters. The van der Waals surface area contributed by atoms with Crippen LogP contribution in [-0.2, 0) is 17.3 Å². The van der Waals surface area contributed by atoms with Gasteiger partial charge in [0.25, 0.3) is 0 Å². The molecule has 5 heteroatoms. The van der Waals surface area contributed by atoms with E-state index in [0.717, 1.165) is 85.1 Å². The van der Waals surface area contributed by atoms with Gasteiger partial charge in [0.15, 0.2) is 5.69 Å². The third kappa shape index (κ3) is 8.65. The molecule has 0 aromatic heterocycles. The summed E-state index contributed by atoms with van der Waals surface area (Å²) in [5.74, 6) is 0. The molecule has 1 heterocycles. The maximum atomic E-state index is 10.4. The van der Waals surface area contributed by atoms with E-state index in [1.54, 1.807) is 0 Å². The van der Waals surface area contributed by atoms with Crippen molar-refractivity contribution >= 4 is 56.9 Å². The second kappa shape index (κ2) is 22.1. The molecule has 4 aliphatic rings. The Balaban J connectivity index is 0.000000171. The summed E-state index contributed by atoms with van der Waals surface area (Å²) in [4.78, 5) is 11.1. The van der Waals surface area contributed by atoms with Crippen LogP contribution in [0.25, 0.3) is 27.1 Å². The van der Waals surface area contributed by atoms with Gasteiger partial charge >= 0.3 is 0 Å². The Morgan fingerprint density at radius 3 is 1.13 bits per heavy atom. The lowest BCUT2D eigenvalue weighted by Crippen LogP contribution is -2.41. The molecule has 13 aromatic rings. The molecule has 5 nitrogen and oxygen atoms in total. The summed E-state index contributed by atoms with van der Waals surface area (Å²) in [5.41, 5.74) is 31.9. The molecule has 3 aliphatic carbocycles. The molecule has 17 rings (SSSR count). The lowest BCUT2D eigenvalue weighted by Gasteiger charge is -2.49. The predicted molar refractivity (Wildman–Crippen MR) is 378 cm³/mol. The molecule has 13 aromatic carbocycles. The van der Waals surface area contributed by atoms with E-state index in [2.05, 4.69) is 338 Å². The molecule has 436 valence electrons. The van der Waals surface area contributed by atoms with Crippen molar-refractivity contribution in [2.24, 2.45) is 0 Å². The summed E-state index contributed by atoms with van der Waals surface area (Å²) in [7, 11) is 0. The highest BCUT2D eigenvalue weighted by Gasteiger charge is 2.53. The van der Waals surface area contributed by atoms with E-state index >= 15 is 0 Å². The van der Waals surface area contributed by atoms with Crippen molar-refractivity contribution in [3.05, 3.63) is 392 Å². The van der Waals surface area contributed by atoms with Crippen molar-refractivity contribution < 1.29 is 0 Å². The lowest BCUT2D eigenvalue weighted by atomic mass is 9.58. The molecule has 0 N–H and O–H groups in total. The second-order valence-electron chi connectivity index (χ2n) is 24.9. The van der Waals surface area contributed by atoms with Crippen LogP contribution < -0.4 is 14.7 Å². The van der Waals surface area contributed by atoms with E-state index in [1.165, 1.54) is 72.7 Å². The molecule has 0 unspecified atom stereocenters. The van der Waals surface area contributed by atoms with Crippen LogP contribution in [-0.4, -0.2) is 0 Å². The number of aryl methyl sites for hydroxylation is 4. The number of rotatable bonds is 7. The average molecular weight is 1180 g/mol. The minimum atomic E-state index is -0.826. The molecule has 0 saturated heterocycles. The summed E-state index contributed by atoms with van der Waals surface area (Å²) >= 11 is 0. The minimum Gasteiger partial charge on any atom is -0.310 e. The quantitative estimate of drug-likeness (QED) is 0.149. The fraction of sp³-hybridized carbons (Fsp3) is 0.0805. The first-order chi connectivity index (χ1) is 45.1. The SMILES string of the molecule is [C-]#[N+]c1ccc2c(c1)C1(c3cc(C#N)ccc3-2)c2cc(N(c3ccc(C)cc3)c3ccc(C)cc3)ccc2-c2ccc(N(c3ccc(C)cc3)c3ccc(C)cc3)cc21.c1ccc(N2c3ccccc3C3(c4ccccc4Cc4ccccc43)c3ccccc32)cc1. The van der Waals surface area contributed by atoms with E-state index < -0.39 is 5.41 Å². The first-order valence-corrected chi connectivity index (χ1v) is 31.6. The zero-order valence-electron chi connectivity index (χ0n) is 51.7. The molecule has 0 radical (unpaired) electrons. The lowest BCUT2D eigenvalue weighted by molar-refractivity contribution is 0.693. The number of anilines is 9. The summed E-state index contributed by atoms with van der Waals surface area (Å²) in [6.07, 6.45) is 0.973. The molecular formula is C87H63N5. The number of nitriles is 1. The van der Waals surface area contributed by atoms with Gasteiger partial charge in [0.05, 0.1) is 40.4 Å². The van der Waals surface area contributed by atoms with Gasteiger partial charge in [-0.25, -0.2) is 4.85 Å². The van der Waals surface area contributed by atoms with Gasteiger partial charge in [0, 0.05) is 39.8 Å². The molecule has 0 fully saturated rings. The number of nitrogens with zero attached hydrogens (tertiary/aromatic N) is 5. The predicted octanol–water partition coefficient (Wildman–Crippen LogP) is 22.4. The normalized spacial score (nSPS) is 13.3. The summed E-state index contributed by atoms with van der Waals surface area (Å²) < 4.78 is 0. The van der Waals surface area contributed by atoms with E-state index in [-0.39, 0.29) is 5.41 Å². The molecule has 0 bridgehead atoms. The number of fused-ring (bicyclic) bond motifs is 18. The standard InChI is InChI=1S/C55H40N4.C32H23N/c1-35-6-16-41(17-7-35)58(42-18-8-36(2)9-19-42)45-24-28-49-50-29-25-46(59(43-20-10-37(3)11-21-43)44-22-12-38(4)13-23-44)33-54(50)55(53(49)32-45)51-30-39(34-56)14-26-47(51)48-27-15-40(57-5)31-52(48)55;1-2-14-25(15-3-1)33-30-20-10-8-18-28(30)32(29-19-9-11-21-31(29)33)26-16-6-4-12-23(26)22-24-13-5-7-17-27(24)32/h6-33H,1-4H3;1-21H,22H2. The van der Waals surface area contributed by atoms with Gasteiger partial charge in [-0.2, -0.15) is 5.26 Å². The topological polar surface area (TPSA) is 37.9 Å². The Bertz CT molecular complexity index is 4750. The zero-order valence-corrected chi connectivity index (χ0v) is 51.7. The molecule has 0 amide bonds. The monoisotopic (exact) mass is 1180 g/mol. The largest absolute Gasteiger partial charge is 0.310 e. The maximum Gasteiger partial charge on any atom is 0.187 e. The molecule has 1 aliphatic heterocycles. The van der Waals surface area contributed by atoms with Gasteiger partial charge in [-0.05, 0) is 221 Å². The molecule has 0 saturated carbocycles. The Morgan fingerprint density at radius 1 is 0.348 bits per heavy atom. The third-order valence-corrected chi connectivity index (χ3v) is 19.5. The first kappa shape index (κ1) is 55.5. The molecule has 92 heavy (non-hydrogen) atoms. The maximum absolute atomic E-state index is 10.4. The summed E-state index contributed by atoms with van der Waals surface area (Å²) in [6.45, 7) is 16.6. The van der Waals surface area contributed by atoms with Gasteiger partial charge in [0.2, 0.25) is 0 Å². The van der Waals surface area contributed by atoms with Crippen molar-refractivity contribution in [3.63, 3.8) is 0 Å². The van der Waals surface area contributed by atoms with Crippen LogP contribution in [0, 0.1) is 45.6 Å². The fourth-order valence-electron chi connectivity index (χ4n) is 15.4. The van der Waals surface area contributed by atoms with E-state index in [1.807, 2.05) is 12.1 Å². The highest BCUT2D eigenvalue weighted by atomic mass is 15.2.